The standard InChI is InChI=1S/C13H15N3O3/c14-9-1-2-10(11(17)7-9)13-15-12(16-19-13)8-3-5-18-6-4-8/h1-2,7-8,17H,3-6,14H2. The molecule has 0 amide bonds. The minimum Gasteiger partial charge on any atom is -0.507 e. The molecule has 6 nitrogen and oxygen atoms in total. The molecule has 1 aromatic carbocycles. The normalized spacial score (nSPS) is 16.6. The number of phenols is 1. The van der Waals surface area contributed by atoms with Gasteiger partial charge in [0.05, 0.1) is 5.56 Å². The Balaban J connectivity index is 1.87. The van der Waals surface area contributed by atoms with Gasteiger partial charge in [0.1, 0.15) is 5.75 Å². The third-order valence-electron chi connectivity index (χ3n) is 3.28. The molecular weight excluding hydrogens is 246 g/mol. The van der Waals surface area contributed by atoms with Crippen molar-refractivity contribution >= 4 is 5.69 Å². The first-order valence-corrected chi connectivity index (χ1v) is 6.24. The van der Waals surface area contributed by atoms with Gasteiger partial charge in [0, 0.05) is 30.9 Å². The van der Waals surface area contributed by atoms with E-state index >= 15 is 0 Å². The van der Waals surface area contributed by atoms with Gasteiger partial charge >= 0.3 is 0 Å². The van der Waals surface area contributed by atoms with Crippen molar-refractivity contribution in [3.05, 3.63) is 24.0 Å². The van der Waals surface area contributed by atoms with E-state index < -0.39 is 0 Å². The van der Waals surface area contributed by atoms with Crippen LogP contribution in [0.2, 0.25) is 0 Å². The van der Waals surface area contributed by atoms with Crippen LogP contribution in [0, 0.1) is 0 Å². The lowest BCUT2D eigenvalue weighted by Crippen LogP contribution is -2.15. The summed E-state index contributed by atoms with van der Waals surface area (Å²) in [7, 11) is 0. The van der Waals surface area contributed by atoms with Gasteiger partial charge in [0.15, 0.2) is 5.82 Å². The molecule has 0 spiro atoms. The molecule has 1 aromatic heterocycles. The summed E-state index contributed by atoms with van der Waals surface area (Å²) in [5, 5.41) is 13.8. The maximum Gasteiger partial charge on any atom is 0.261 e. The number of hydrogen-bond donors (Lipinski definition) is 2. The number of nitrogens with two attached hydrogens (primary N) is 1. The van der Waals surface area contributed by atoms with Crippen LogP contribution in [0.25, 0.3) is 11.5 Å². The van der Waals surface area contributed by atoms with Crippen LogP contribution in [0.15, 0.2) is 22.7 Å². The minimum atomic E-state index is 0.0437. The average molecular weight is 261 g/mol. The first kappa shape index (κ1) is 12.0. The Hall–Kier alpha value is -2.08. The van der Waals surface area contributed by atoms with Crippen molar-refractivity contribution in [2.45, 2.75) is 18.8 Å². The highest BCUT2D eigenvalue weighted by molar-refractivity contribution is 5.66. The number of aromatic nitrogens is 2. The van der Waals surface area contributed by atoms with Crippen LogP contribution in [0.4, 0.5) is 5.69 Å². The van der Waals surface area contributed by atoms with Crippen LogP contribution >= 0.6 is 0 Å². The number of anilines is 1. The second-order valence-corrected chi connectivity index (χ2v) is 4.62. The highest BCUT2D eigenvalue weighted by atomic mass is 16.5. The quantitative estimate of drug-likeness (QED) is 0.802. The van der Waals surface area contributed by atoms with Crippen LogP contribution in [0.3, 0.4) is 0 Å². The first-order chi connectivity index (χ1) is 9.24. The van der Waals surface area contributed by atoms with Crippen LogP contribution in [-0.2, 0) is 4.74 Å². The molecule has 0 unspecified atom stereocenters. The molecule has 0 bridgehead atoms. The van der Waals surface area contributed by atoms with E-state index in [0.717, 1.165) is 26.1 Å². The molecule has 0 saturated carbocycles. The van der Waals surface area contributed by atoms with Crippen molar-refractivity contribution in [2.75, 3.05) is 18.9 Å². The number of rotatable bonds is 2. The Bertz CT molecular complexity index is 576. The summed E-state index contributed by atoms with van der Waals surface area (Å²) in [6, 6.07) is 4.83. The highest BCUT2D eigenvalue weighted by Gasteiger charge is 2.22. The van der Waals surface area contributed by atoms with E-state index in [-0.39, 0.29) is 11.7 Å². The summed E-state index contributed by atoms with van der Waals surface area (Å²) in [4.78, 5) is 4.36. The lowest BCUT2D eigenvalue weighted by molar-refractivity contribution is 0.0830. The third-order valence-corrected chi connectivity index (χ3v) is 3.28. The van der Waals surface area contributed by atoms with Crippen LogP contribution in [0.1, 0.15) is 24.6 Å². The van der Waals surface area contributed by atoms with E-state index in [0.29, 0.717) is 23.0 Å². The predicted molar refractivity (Wildman–Crippen MR) is 68.6 cm³/mol. The van der Waals surface area contributed by atoms with Gasteiger partial charge in [-0.05, 0) is 25.0 Å². The van der Waals surface area contributed by atoms with Gasteiger partial charge in [-0.15, -0.1) is 0 Å². The van der Waals surface area contributed by atoms with Gasteiger partial charge in [0.2, 0.25) is 0 Å². The molecule has 1 aliphatic heterocycles. The zero-order chi connectivity index (χ0) is 13.2. The van der Waals surface area contributed by atoms with Crippen molar-refractivity contribution in [3.8, 4) is 17.2 Å². The predicted octanol–water partition coefficient (Wildman–Crippen LogP) is 1.92. The van der Waals surface area contributed by atoms with Crippen molar-refractivity contribution in [3.63, 3.8) is 0 Å². The Kier molecular flexibility index (Phi) is 3.08. The maximum absolute atomic E-state index is 9.84. The van der Waals surface area contributed by atoms with Gasteiger partial charge in [-0.2, -0.15) is 4.98 Å². The van der Waals surface area contributed by atoms with E-state index in [1.165, 1.54) is 6.07 Å². The lowest BCUT2D eigenvalue weighted by atomic mass is 10.00. The fourth-order valence-corrected chi connectivity index (χ4v) is 2.20. The monoisotopic (exact) mass is 261 g/mol. The smallest absolute Gasteiger partial charge is 0.261 e. The first-order valence-electron chi connectivity index (χ1n) is 6.24. The molecule has 100 valence electrons. The molecule has 1 aliphatic rings. The number of nitrogen functional groups attached to an aromatic ring is 1. The summed E-state index contributed by atoms with van der Waals surface area (Å²) in [6.45, 7) is 1.45. The maximum atomic E-state index is 9.84. The Labute approximate surface area is 110 Å². The van der Waals surface area contributed by atoms with Gasteiger partial charge in [-0.3, -0.25) is 0 Å². The molecule has 3 N–H and O–H groups in total. The molecule has 0 radical (unpaired) electrons. The van der Waals surface area contributed by atoms with E-state index in [4.69, 9.17) is 15.0 Å². The fourth-order valence-electron chi connectivity index (χ4n) is 2.20. The molecule has 1 fully saturated rings. The summed E-state index contributed by atoms with van der Waals surface area (Å²) in [6.07, 6.45) is 1.79. The number of phenolic OH excluding ortho intramolecular Hbond substituents is 1. The Morgan fingerprint density at radius 3 is 2.79 bits per heavy atom. The van der Waals surface area contributed by atoms with Crippen molar-refractivity contribution in [1.82, 2.24) is 10.1 Å². The molecule has 2 aromatic rings. The molecular formula is C13H15N3O3. The van der Waals surface area contributed by atoms with Gasteiger partial charge in [-0.25, -0.2) is 0 Å². The lowest BCUT2D eigenvalue weighted by Gasteiger charge is -2.18. The van der Waals surface area contributed by atoms with Gasteiger partial charge < -0.3 is 20.1 Å². The van der Waals surface area contributed by atoms with Crippen LogP contribution in [0.5, 0.6) is 5.75 Å². The Morgan fingerprint density at radius 1 is 1.26 bits per heavy atom. The van der Waals surface area contributed by atoms with Gasteiger partial charge in [-0.1, -0.05) is 5.16 Å². The topological polar surface area (TPSA) is 94.4 Å². The second kappa shape index (κ2) is 4.89. The number of benzene rings is 1. The number of hydrogen-bond acceptors (Lipinski definition) is 6. The number of ether oxygens (including phenoxy) is 1. The molecule has 2 heterocycles. The highest BCUT2D eigenvalue weighted by Crippen LogP contribution is 2.31. The summed E-state index contributed by atoms with van der Waals surface area (Å²) in [5.74, 6) is 1.30. The fraction of sp³-hybridized carbons (Fsp3) is 0.385. The molecule has 3 rings (SSSR count). The zero-order valence-corrected chi connectivity index (χ0v) is 10.4. The molecule has 6 heteroatoms. The summed E-state index contributed by atoms with van der Waals surface area (Å²) in [5.41, 5.74) is 6.58. The Morgan fingerprint density at radius 2 is 2.05 bits per heavy atom. The van der Waals surface area contributed by atoms with Gasteiger partial charge in [0.25, 0.3) is 5.89 Å². The third kappa shape index (κ3) is 2.39. The van der Waals surface area contributed by atoms with E-state index in [1.807, 2.05) is 0 Å². The van der Waals surface area contributed by atoms with Crippen molar-refractivity contribution in [1.29, 1.82) is 0 Å². The van der Waals surface area contributed by atoms with E-state index in [9.17, 15) is 5.11 Å². The van der Waals surface area contributed by atoms with Crippen molar-refractivity contribution < 1.29 is 14.4 Å². The number of nitrogens with zero attached hydrogens (tertiary/aromatic N) is 2. The van der Waals surface area contributed by atoms with Crippen LogP contribution in [-0.4, -0.2) is 28.5 Å². The molecule has 0 aliphatic carbocycles. The minimum absolute atomic E-state index is 0.0437. The van der Waals surface area contributed by atoms with E-state index in [2.05, 4.69) is 10.1 Å². The van der Waals surface area contributed by atoms with Crippen molar-refractivity contribution in [2.24, 2.45) is 0 Å². The second-order valence-electron chi connectivity index (χ2n) is 4.62. The summed E-state index contributed by atoms with van der Waals surface area (Å²) < 4.78 is 10.5. The summed E-state index contributed by atoms with van der Waals surface area (Å²) >= 11 is 0. The van der Waals surface area contributed by atoms with Crippen LogP contribution < -0.4 is 5.73 Å². The SMILES string of the molecule is Nc1ccc(-c2nc(C3CCOCC3)no2)c(O)c1. The average Bonchev–Trinajstić information content (AvgIpc) is 2.89. The largest absolute Gasteiger partial charge is 0.507 e. The molecule has 1 saturated heterocycles. The molecule has 19 heavy (non-hydrogen) atoms. The van der Waals surface area contributed by atoms with E-state index in [1.54, 1.807) is 12.1 Å². The zero-order valence-electron chi connectivity index (χ0n) is 10.4. The number of aromatic hydroxyl groups is 1. The molecule has 0 atom stereocenters.